The van der Waals surface area contributed by atoms with E-state index in [-0.39, 0.29) is 0 Å². The number of rotatable bonds is 2. The van der Waals surface area contributed by atoms with Crippen LogP contribution in [-0.4, -0.2) is 16.2 Å². The second kappa shape index (κ2) is 3.32. The predicted molar refractivity (Wildman–Crippen MR) is 39.3 cm³/mol. The normalized spacial score (nSPS) is 13.0. The molecule has 0 aliphatic carbocycles. The minimum absolute atomic E-state index is 0.529. The lowest BCUT2D eigenvalue weighted by Gasteiger charge is -2.00. The molecule has 1 atom stereocenters. The Bertz CT molecular complexity index is 184. The number of aromatic nitrogens is 1. The van der Waals surface area contributed by atoms with E-state index in [9.17, 15) is 0 Å². The van der Waals surface area contributed by atoms with Crippen LogP contribution in [0.15, 0.2) is 24.4 Å². The van der Waals surface area contributed by atoms with Crippen molar-refractivity contribution >= 4 is 0 Å². The van der Waals surface area contributed by atoms with Gasteiger partial charge in [-0.25, -0.2) is 0 Å². The molecule has 10 heavy (non-hydrogen) atoms. The second-order valence-electron chi connectivity index (χ2n) is 2.18. The Hall–Kier alpha value is -0.890. The Morgan fingerprint density at radius 2 is 2.40 bits per heavy atom. The van der Waals surface area contributed by atoms with Gasteiger partial charge in [0.25, 0.3) is 0 Å². The monoisotopic (exact) mass is 136 g/mol. The highest BCUT2D eigenvalue weighted by atomic mass is 16.3. The molecular formula is C8H10NO. The largest absolute Gasteiger partial charge is 0.393 e. The highest BCUT2D eigenvalue weighted by Crippen LogP contribution is 1.96. The molecule has 0 aliphatic heterocycles. The van der Waals surface area contributed by atoms with Gasteiger partial charge in [-0.3, -0.25) is 4.98 Å². The molecule has 2 heteroatoms. The summed E-state index contributed by atoms with van der Waals surface area (Å²) in [5, 5.41) is 8.85. The number of hydrogen-bond acceptors (Lipinski definition) is 2. The lowest BCUT2D eigenvalue weighted by atomic mass is 10.2. The summed E-state index contributed by atoms with van der Waals surface area (Å²) < 4.78 is 0. The van der Waals surface area contributed by atoms with Gasteiger partial charge in [-0.2, -0.15) is 0 Å². The molecule has 0 fully saturated rings. The van der Waals surface area contributed by atoms with E-state index in [0.717, 1.165) is 5.69 Å². The van der Waals surface area contributed by atoms with Crippen LogP contribution in [0.4, 0.5) is 0 Å². The van der Waals surface area contributed by atoms with Crippen LogP contribution < -0.4 is 0 Å². The molecule has 1 rings (SSSR count). The zero-order valence-electron chi connectivity index (χ0n) is 5.70. The third-order valence-electron chi connectivity index (χ3n) is 1.17. The third-order valence-corrected chi connectivity index (χ3v) is 1.17. The number of hydrogen-bond donors (Lipinski definition) is 1. The summed E-state index contributed by atoms with van der Waals surface area (Å²) >= 11 is 0. The minimum atomic E-state index is -0.546. The zero-order valence-corrected chi connectivity index (χ0v) is 5.70. The summed E-state index contributed by atoms with van der Waals surface area (Å²) in [7, 11) is 0. The number of nitrogens with zero attached hydrogens (tertiary/aromatic N) is 1. The van der Waals surface area contributed by atoms with E-state index in [0.29, 0.717) is 6.42 Å². The van der Waals surface area contributed by atoms with Gasteiger partial charge in [-0.05, 0) is 19.1 Å². The summed E-state index contributed by atoms with van der Waals surface area (Å²) in [5.41, 5.74) is 0.880. The number of aliphatic hydroxyl groups excluding tert-OH is 1. The maximum absolute atomic E-state index is 8.85. The average Bonchev–Trinajstić information content (AvgIpc) is 1.88. The Morgan fingerprint density at radius 1 is 1.60 bits per heavy atom. The molecule has 1 radical (unpaired) electrons. The summed E-state index contributed by atoms with van der Waals surface area (Å²) in [6.45, 7) is 3.45. The second-order valence-corrected chi connectivity index (χ2v) is 2.18. The van der Waals surface area contributed by atoms with Crippen LogP contribution in [0, 0.1) is 6.92 Å². The van der Waals surface area contributed by atoms with Crippen molar-refractivity contribution in [1.82, 2.24) is 4.98 Å². The molecule has 0 saturated heterocycles. The first-order chi connectivity index (χ1) is 4.79. The van der Waals surface area contributed by atoms with Crippen LogP contribution in [-0.2, 0) is 6.42 Å². The Labute approximate surface area is 60.5 Å². The molecular weight excluding hydrogens is 126 g/mol. The van der Waals surface area contributed by atoms with Crippen LogP contribution >= 0.6 is 0 Å². The Balaban J connectivity index is 2.59. The van der Waals surface area contributed by atoms with Gasteiger partial charge >= 0.3 is 0 Å². The third kappa shape index (κ3) is 2.15. The van der Waals surface area contributed by atoms with Gasteiger partial charge in [0, 0.05) is 18.3 Å². The number of pyridine rings is 1. The molecule has 1 unspecified atom stereocenters. The van der Waals surface area contributed by atoms with E-state index in [1.54, 1.807) is 6.20 Å². The van der Waals surface area contributed by atoms with Crippen molar-refractivity contribution in [3.8, 4) is 0 Å². The van der Waals surface area contributed by atoms with E-state index >= 15 is 0 Å². The minimum Gasteiger partial charge on any atom is -0.393 e. The Morgan fingerprint density at radius 3 is 2.90 bits per heavy atom. The van der Waals surface area contributed by atoms with Gasteiger partial charge in [0.05, 0.1) is 6.10 Å². The molecule has 53 valence electrons. The SMILES string of the molecule is [CH2]C(O)Cc1ccccn1. The van der Waals surface area contributed by atoms with Gasteiger partial charge in [-0.1, -0.05) is 6.07 Å². The standard InChI is InChI=1S/C8H10NO/c1-7(10)6-8-4-2-3-5-9-8/h2-5,7,10H,1,6H2. The molecule has 1 aromatic rings. The first-order valence-electron chi connectivity index (χ1n) is 3.20. The van der Waals surface area contributed by atoms with Crippen LogP contribution in [0.3, 0.4) is 0 Å². The van der Waals surface area contributed by atoms with E-state index in [1.807, 2.05) is 18.2 Å². The molecule has 0 aromatic carbocycles. The van der Waals surface area contributed by atoms with Crippen LogP contribution in [0.1, 0.15) is 5.69 Å². The maximum atomic E-state index is 8.85. The molecule has 0 aliphatic rings. The van der Waals surface area contributed by atoms with E-state index in [2.05, 4.69) is 11.9 Å². The van der Waals surface area contributed by atoms with Gasteiger partial charge < -0.3 is 5.11 Å². The fraction of sp³-hybridized carbons (Fsp3) is 0.250. The zero-order chi connectivity index (χ0) is 7.40. The number of aliphatic hydroxyl groups is 1. The van der Waals surface area contributed by atoms with Crippen molar-refractivity contribution in [2.45, 2.75) is 12.5 Å². The van der Waals surface area contributed by atoms with Crippen molar-refractivity contribution in [2.24, 2.45) is 0 Å². The van der Waals surface area contributed by atoms with Crippen LogP contribution in [0.5, 0.6) is 0 Å². The molecule has 0 saturated carbocycles. The molecule has 0 spiro atoms. The molecule has 1 heterocycles. The lowest BCUT2D eigenvalue weighted by Crippen LogP contribution is -2.05. The molecule has 0 bridgehead atoms. The first-order valence-corrected chi connectivity index (χ1v) is 3.20. The van der Waals surface area contributed by atoms with E-state index < -0.39 is 6.10 Å². The van der Waals surface area contributed by atoms with Gasteiger partial charge in [0.1, 0.15) is 0 Å². The smallest absolute Gasteiger partial charge is 0.0596 e. The molecule has 1 aromatic heterocycles. The van der Waals surface area contributed by atoms with Crippen molar-refractivity contribution in [3.05, 3.63) is 37.0 Å². The summed E-state index contributed by atoms with van der Waals surface area (Å²) in [6.07, 6.45) is 1.69. The first kappa shape index (κ1) is 7.22. The van der Waals surface area contributed by atoms with Gasteiger partial charge in [-0.15, -0.1) is 0 Å². The maximum Gasteiger partial charge on any atom is 0.0596 e. The Kier molecular flexibility index (Phi) is 2.40. The topological polar surface area (TPSA) is 33.1 Å². The van der Waals surface area contributed by atoms with Crippen molar-refractivity contribution in [1.29, 1.82) is 0 Å². The van der Waals surface area contributed by atoms with Crippen LogP contribution in [0.25, 0.3) is 0 Å². The van der Waals surface area contributed by atoms with E-state index in [4.69, 9.17) is 5.11 Å². The van der Waals surface area contributed by atoms with Crippen molar-refractivity contribution < 1.29 is 5.11 Å². The lowest BCUT2D eigenvalue weighted by molar-refractivity contribution is 0.220. The molecule has 1 N–H and O–H groups in total. The van der Waals surface area contributed by atoms with Crippen LogP contribution in [0.2, 0.25) is 0 Å². The molecule has 2 nitrogen and oxygen atoms in total. The average molecular weight is 136 g/mol. The van der Waals surface area contributed by atoms with Gasteiger partial charge in [0.15, 0.2) is 0 Å². The van der Waals surface area contributed by atoms with Crippen molar-refractivity contribution in [3.63, 3.8) is 0 Å². The fourth-order valence-electron chi connectivity index (χ4n) is 0.760. The predicted octanol–water partition coefficient (Wildman–Crippen LogP) is 0.819. The highest BCUT2D eigenvalue weighted by Gasteiger charge is 1.97. The highest BCUT2D eigenvalue weighted by molar-refractivity contribution is 5.04. The van der Waals surface area contributed by atoms with Gasteiger partial charge in [0.2, 0.25) is 0 Å². The fourth-order valence-corrected chi connectivity index (χ4v) is 0.760. The summed E-state index contributed by atoms with van der Waals surface area (Å²) in [4.78, 5) is 4.02. The quantitative estimate of drug-likeness (QED) is 0.653. The molecule has 0 amide bonds. The summed E-state index contributed by atoms with van der Waals surface area (Å²) in [5.74, 6) is 0. The summed E-state index contributed by atoms with van der Waals surface area (Å²) in [6, 6.07) is 5.61. The van der Waals surface area contributed by atoms with Crippen molar-refractivity contribution in [2.75, 3.05) is 0 Å². The van der Waals surface area contributed by atoms with E-state index in [1.165, 1.54) is 0 Å².